The summed E-state index contributed by atoms with van der Waals surface area (Å²) >= 11 is 1.15. The lowest BCUT2D eigenvalue weighted by Gasteiger charge is -2.09. The molecule has 0 fully saturated rings. The smallest absolute Gasteiger partial charge is 0.264 e. The minimum Gasteiger partial charge on any atom is -0.398 e. The summed E-state index contributed by atoms with van der Waals surface area (Å²) in [6.07, 6.45) is 0. The molecule has 2 rings (SSSR count). The quantitative estimate of drug-likeness (QED) is 0.848. The number of hydrogen-bond acceptors (Lipinski definition) is 5. The molecule has 0 unspecified atom stereocenters. The fourth-order valence-electron chi connectivity index (χ4n) is 1.75. The van der Waals surface area contributed by atoms with Crippen LogP contribution in [0.15, 0.2) is 23.1 Å². The zero-order chi connectivity index (χ0) is 15.8. The SMILES string of the molecule is Cc1sc(NS(=O)(=O)c2cc(F)ccc2N)c(C#N)c1C. The summed E-state index contributed by atoms with van der Waals surface area (Å²) in [5.74, 6) is -0.705. The molecule has 0 aliphatic heterocycles. The van der Waals surface area contributed by atoms with Gasteiger partial charge in [0.15, 0.2) is 0 Å². The van der Waals surface area contributed by atoms with E-state index < -0.39 is 15.8 Å². The van der Waals surface area contributed by atoms with E-state index in [-0.39, 0.29) is 21.1 Å². The molecule has 0 spiro atoms. The van der Waals surface area contributed by atoms with Crippen LogP contribution in [0.1, 0.15) is 16.0 Å². The van der Waals surface area contributed by atoms with Gasteiger partial charge in [-0.3, -0.25) is 4.72 Å². The molecule has 0 aliphatic carbocycles. The Kier molecular flexibility index (Phi) is 3.89. The van der Waals surface area contributed by atoms with Crippen molar-refractivity contribution in [2.75, 3.05) is 10.5 Å². The number of aryl methyl sites for hydroxylation is 1. The topological polar surface area (TPSA) is 96.0 Å². The first-order chi connectivity index (χ1) is 9.76. The molecule has 1 heterocycles. The van der Waals surface area contributed by atoms with Crippen LogP contribution < -0.4 is 10.5 Å². The van der Waals surface area contributed by atoms with Gasteiger partial charge in [-0.1, -0.05) is 0 Å². The molecule has 8 heteroatoms. The predicted octanol–water partition coefficient (Wildman–Crippen LogP) is 2.76. The molecule has 0 saturated carbocycles. The van der Waals surface area contributed by atoms with Gasteiger partial charge in [-0.25, -0.2) is 12.8 Å². The molecule has 0 saturated heterocycles. The van der Waals surface area contributed by atoms with Crippen molar-refractivity contribution in [3.05, 3.63) is 40.0 Å². The molecule has 0 bridgehead atoms. The highest BCUT2D eigenvalue weighted by atomic mass is 32.2. The monoisotopic (exact) mass is 325 g/mol. The number of sulfonamides is 1. The highest BCUT2D eigenvalue weighted by Crippen LogP contribution is 2.34. The van der Waals surface area contributed by atoms with Crippen molar-refractivity contribution < 1.29 is 12.8 Å². The number of nitrogens with zero attached hydrogens (tertiary/aromatic N) is 1. The van der Waals surface area contributed by atoms with Gasteiger partial charge in [0.25, 0.3) is 10.0 Å². The number of benzene rings is 1. The summed E-state index contributed by atoms with van der Waals surface area (Å²) < 4.78 is 40.1. The van der Waals surface area contributed by atoms with E-state index in [1.165, 1.54) is 6.07 Å². The molecule has 0 atom stereocenters. The Labute approximate surface area is 125 Å². The Morgan fingerprint density at radius 2 is 2.05 bits per heavy atom. The van der Waals surface area contributed by atoms with Crippen LogP contribution in [0.3, 0.4) is 0 Å². The maximum atomic E-state index is 13.2. The van der Waals surface area contributed by atoms with Crippen LogP contribution in [0, 0.1) is 31.0 Å². The second-order valence-corrected chi connectivity index (χ2v) is 7.26. The first kappa shape index (κ1) is 15.3. The third-order valence-corrected chi connectivity index (χ3v) is 5.65. The van der Waals surface area contributed by atoms with Gasteiger partial charge in [-0.15, -0.1) is 11.3 Å². The van der Waals surface area contributed by atoms with Gasteiger partial charge >= 0.3 is 0 Å². The summed E-state index contributed by atoms with van der Waals surface area (Å²) in [7, 11) is -4.06. The van der Waals surface area contributed by atoms with Crippen LogP contribution in [0.2, 0.25) is 0 Å². The van der Waals surface area contributed by atoms with E-state index >= 15 is 0 Å². The second-order valence-electron chi connectivity index (χ2n) is 4.39. The zero-order valence-corrected chi connectivity index (χ0v) is 12.9. The molecule has 5 nitrogen and oxygen atoms in total. The molecule has 0 amide bonds. The van der Waals surface area contributed by atoms with Crippen molar-refractivity contribution in [2.24, 2.45) is 0 Å². The molecule has 0 radical (unpaired) electrons. The zero-order valence-electron chi connectivity index (χ0n) is 11.3. The van der Waals surface area contributed by atoms with Crippen molar-refractivity contribution in [2.45, 2.75) is 18.7 Å². The van der Waals surface area contributed by atoms with Crippen molar-refractivity contribution in [3.63, 3.8) is 0 Å². The van der Waals surface area contributed by atoms with E-state index in [1.54, 1.807) is 13.8 Å². The van der Waals surface area contributed by atoms with E-state index in [0.717, 1.165) is 28.3 Å². The van der Waals surface area contributed by atoms with Gasteiger partial charge in [0.2, 0.25) is 0 Å². The lowest BCUT2D eigenvalue weighted by atomic mass is 10.2. The average Bonchev–Trinajstić information content (AvgIpc) is 2.66. The van der Waals surface area contributed by atoms with E-state index in [4.69, 9.17) is 11.0 Å². The summed E-state index contributed by atoms with van der Waals surface area (Å²) in [5.41, 5.74) is 6.50. The number of nitrogen functional groups attached to an aromatic ring is 1. The van der Waals surface area contributed by atoms with Crippen LogP contribution >= 0.6 is 11.3 Å². The van der Waals surface area contributed by atoms with Crippen molar-refractivity contribution in [3.8, 4) is 6.07 Å². The molecule has 3 N–H and O–H groups in total. The van der Waals surface area contributed by atoms with E-state index in [2.05, 4.69) is 4.72 Å². The minimum atomic E-state index is -4.06. The number of nitrogens with one attached hydrogen (secondary N) is 1. The Hall–Kier alpha value is -2.11. The van der Waals surface area contributed by atoms with Crippen molar-refractivity contribution in [1.82, 2.24) is 0 Å². The number of hydrogen-bond donors (Lipinski definition) is 2. The molecular formula is C13H12FN3O2S2. The molecule has 110 valence electrons. The van der Waals surface area contributed by atoms with Crippen LogP contribution in [-0.4, -0.2) is 8.42 Å². The Balaban J connectivity index is 2.50. The molecule has 0 aliphatic rings. The Bertz CT molecular complexity index is 851. The van der Waals surface area contributed by atoms with Crippen LogP contribution in [0.4, 0.5) is 15.1 Å². The number of thiophene rings is 1. The van der Waals surface area contributed by atoms with Crippen LogP contribution in [-0.2, 0) is 10.0 Å². The van der Waals surface area contributed by atoms with Crippen molar-refractivity contribution >= 4 is 32.0 Å². The van der Waals surface area contributed by atoms with E-state index in [9.17, 15) is 12.8 Å². The number of halogens is 1. The van der Waals surface area contributed by atoms with Gasteiger partial charge < -0.3 is 5.73 Å². The number of nitriles is 1. The Morgan fingerprint density at radius 3 is 2.67 bits per heavy atom. The lowest BCUT2D eigenvalue weighted by molar-refractivity contribution is 0.596. The van der Waals surface area contributed by atoms with Crippen LogP contribution in [0.25, 0.3) is 0 Å². The molecule has 1 aromatic heterocycles. The maximum Gasteiger partial charge on any atom is 0.264 e. The first-order valence-corrected chi connectivity index (χ1v) is 8.14. The number of anilines is 2. The number of rotatable bonds is 3. The Morgan fingerprint density at radius 1 is 1.38 bits per heavy atom. The van der Waals surface area contributed by atoms with Crippen molar-refractivity contribution in [1.29, 1.82) is 5.26 Å². The normalized spacial score (nSPS) is 11.1. The van der Waals surface area contributed by atoms with E-state index in [1.807, 2.05) is 6.07 Å². The maximum absolute atomic E-state index is 13.2. The molecule has 1 aromatic carbocycles. The summed E-state index contributed by atoms with van der Waals surface area (Å²) in [5, 5.41) is 9.32. The lowest BCUT2D eigenvalue weighted by Crippen LogP contribution is -2.15. The largest absolute Gasteiger partial charge is 0.398 e. The van der Waals surface area contributed by atoms with Gasteiger partial charge in [0.1, 0.15) is 21.8 Å². The van der Waals surface area contributed by atoms with Gasteiger partial charge in [0.05, 0.1) is 11.3 Å². The highest BCUT2D eigenvalue weighted by Gasteiger charge is 2.22. The molecule has 21 heavy (non-hydrogen) atoms. The summed E-state index contributed by atoms with van der Waals surface area (Å²) in [6.45, 7) is 3.52. The summed E-state index contributed by atoms with van der Waals surface area (Å²) in [4.78, 5) is 0.478. The number of nitrogens with two attached hydrogens (primary N) is 1. The van der Waals surface area contributed by atoms with Crippen LogP contribution in [0.5, 0.6) is 0 Å². The third-order valence-electron chi connectivity index (χ3n) is 2.99. The van der Waals surface area contributed by atoms with Gasteiger partial charge in [-0.2, -0.15) is 5.26 Å². The second kappa shape index (κ2) is 5.35. The van der Waals surface area contributed by atoms with Gasteiger partial charge in [0, 0.05) is 4.88 Å². The molecule has 2 aromatic rings. The minimum absolute atomic E-state index is 0.0626. The fraction of sp³-hybridized carbons (Fsp3) is 0.154. The fourth-order valence-corrected chi connectivity index (χ4v) is 4.21. The first-order valence-electron chi connectivity index (χ1n) is 5.84. The van der Waals surface area contributed by atoms with E-state index in [0.29, 0.717) is 5.56 Å². The third kappa shape index (κ3) is 2.84. The standard InChI is InChI=1S/C13H12FN3O2S2/c1-7-8(2)20-13(10(7)6-15)17-21(18,19)12-5-9(14)3-4-11(12)16/h3-5,17H,16H2,1-2H3. The highest BCUT2D eigenvalue weighted by molar-refractivity contribution is 7.93. The average molecular weight is 325 g/mol. The van der Waals surface area contributed by atoms with Gasteiger partial charge in [-0.05, 0) is 37.6 Å². The molecular weight excluding hydrogens is 313 g/mol. The summed E-state index contributed by atoms with van der Waals surface area (Å²) in [6, 6.07) is 5.07. The predicted molar refractivity (Wildman–Crippen MR) is 80.1 cm³/mol.